The summed E-state index contributed by atoms with van der Waals surface area (Å²) >= 11 is 0. The number of hydrogen-bond acceptors (Lipinski definition) is 4. The average Bonchev–Trinajstić information content (AvgIpc) is 2.17. The summed E-state index contributed by atoms with van der Waals surface area (Å²) in [6, 6.07) is 8.49. The lowest BCUT2D eigenvalue weighted by Crippen LogP contribution is -2.07. The highest BCUT2D eigenvalue weighted by molar-refractivity contribution is 8.13. The molecule has 0 aliphatic rings. The molecule has 1 aromatic rings. The van der Waals surface area contributed by atoms with Gasteiger partial charge in [-0.3, -0.25) is 5.01 Å². The first kappa shape index (κ1) is 12.9. The molecule has 1 aromatic carbocycles. The fourth-order valence-electron chi connectivity index (χ4n) is 1.05. The van der Waals surface area contributed by atoms with Crippen molar-refractivity contribution in [3.05, 3.63) is 35.9 Å². The highest BCUT2D eigenvalue weighted by Crippen LogP contribution is 2.27. The van der Waals surface area contributed by atoms with Gasteiger partial charge in [-0.25, -0.2) is 8.42 Å². The number of hydrogen-bond donors (Lipinski definition) is 0. The predicted molar refractivity (Wildman–Crippen MR) is 62.5 cm³/mol. The van der Waals surface area contributed by atoms with Gasteiger partial charge in [0, 0.05) is 24.8 Å². The fraction of sp³-hybridized carbons (Fsp3) is 0.333. The van der Waals surface area contributed by atoms with Gasteiger partial charge < -0.3 is 0 Å². The number of benzene rings is 1. The van der Waals surface area contributed by atoms with Crippen LogP contribution in [0.1, 0.15) is 10.9 Å². The Morgan fingerprint density at radius 2 is 1.81 bits per heavy atom. The Bertz CT molecular complexity index is 459. The summed E-state index contributed by atoms with van der Waals surface area (Å²) in [7, 11) is 4.78. The van der Waals surface area contributed by atoms with Gasteiger partial charge in [-0.2, -0.15) is 0 Å². The summed E-state index contributed by atoms with van der Waals surface area (Å²) in [6.07, 6.45) is 0. The molecular weight excluding hydrogens is 250 g/mol. The second-order valence-electron chi connectivity index (χ2n) is 3.29. The maximum atomic E-state index is 11.3. The summed E-state index contributed by atoms with van der Waals surface area (Å²) in [5, 5.41) is 7.59. The third-order valence-electron chi connectivity index (χ3n) is 1.69. The zero-order valence-corrected chi connectivity index (χ0v) is 10.5. The van der Waals surface area contributed by atoms with E-state index >= 15 is 0 Å². The van der Waals surface area contributed by atoms with Crippen LogP contribution in [0, 0.1) is 0 Å². The van der Waals surface area contributed by atoms with Crippen LogP contribution in [0.3, 0.4) is 0 Å². The van der Waals surface area contributed by atoms with Crippen molar-refractivity contribution in [3.63, 3.8) is 0 Å². The molecule has 0 bridgehead atoms. The van der Waals surface area contributed by atoms with Crippen molar-refractivity contribution in [2.45, 2.75) is 5.37 Å². The average molecular weight is 262 g/mol. The maximum Gasteiger partial charge on any atom is 0.261 e. The Kier molecular flexibility index (Phi) is 4.26. The number of nitrogens with zero attached hydrogens (tertiary/aromatic N) is 3. The minimum atomic E-state index is -3.83. The molecule has 0 aliphatic heterocycles. The van der Waals surface area contributed by atoms with Gasteiger partial charge in [0.05, 0.1) is 0 Å². The van der Waals surface area contributed by atoms with Crippen molar-refractivity contribution >= 4 is 19.7 Å². The van der Waals surface area contributed by atoms with Crippen molar-refractivity contribution in [2.75, 3.05) is 14.1 Å². The Morgan fingerprint density at radius 1 is 1.25 bits per heavy atom. The molecule has 16 heavy (non-hydrogen) atoms. The van der Waals surface area contributed by atoms with E-state index in [1.165, 1.54) is 5.01 Å². The molecule has 1 rings (SSSR count). The van der Waals surface area contributed by atoms with E-state index in [4.69, 9.17) is 10.7 Å². The van der Waals surface area contributed by atoms with Crippen LogP contribution in [0.2, 0.25) is 0 Å². The molecule has 0 radical (unpaired) electrons. The van der Waals surface area contributed by atoms with E-state index in [-0.39, 0.29) is 0 Å². The van der Waals surface area contributed by atoms with Gasteiger partial charge in [-0.15, -0.1) is 5.11 Å². The lowest BCUT2D eigenvalue weighted by molar-refractivity contribution is 0.395. The normalized spacial score (nSPS) is 13.9. The van der Waals surface area contributed by atoms with Crippen molar-refractivity contribution in [1.29, 1.82) is 0 Å². The van der Waals surface area contributed by atoms with Crippen LogP contribution in [0.25, 0.3) is 0 Å². The van der Waals surface area contributed by atoms with E-state index in [9.17, 15) is 8.42 Å². The van der Waals surface area contributed by atoms with Crippen LogP contribution in [-0.2, 0) is 9.05 Å². The van der Waals surface area contributed by atoms with E-state index in [2.05, 4.69) is 10.3 Å². The van der Waals surface area contributed by atoms with Gasteiger partial charge >= 0.3 is 0 Å². The van der Waals surface area contributed by atoms with Crippen LogP contribution in [-0.4, -0.2) is 27.5 Å². The Labute approximate surface area is 99.1 Å². The molecule has 0 heterocycles. The third kappa shape index (κ3) is 3.79. The van der Waals surface area contributed by atoms with E-state index in [0.29, 0.717) is 5.56 Å². The van der Waals surface area contributed by atoms with Crippen molar-refractivity contribution in [2.24, 2.45) is 10.3 Å². The SMILES string of the molecule is CN(C)N=NC(c1ccccc1)S(=O)(=O)Cl. The van der Waals surface area contributed by atoms with Crippen LogP contribution in [0.15, 0.2) is 40.7 Å². The summed E-state index contributed by atoms with van der Waals surface area (Å²) < 4.78 is 22.7. The largest absolute Gasteiger partial charge is 0.285 e. The van der Waals surface area contributed by atoms with Gasteiger partial charge in [0.25, 0.3) is 9.05 Å². The Hall–Kier alpha value is -1.14. The first-order chi connectivity index (χ1) is 7.41. The first-order valence-corrected chi connectivity index (χ1v) is 6.85. The lowest BCUT2D eigenvalue weighted by atomic mass is 10.2. The standard InChI is InChI=1S/C9H12ClN3O2S/c1-13(2)12-11-9(16(10,14)15)8-6-4-3-5-7-8/h3-7,9H,1-2H3. The molecule has 0 amide bonds. The molecule has 0 spiro atoms. The fourth-order valence-corrected chi connectivity index (χ4v) is 2.11. The smallest absolute Gasteiger partial charge is 0.261 e. The second-order valence-corrected chi connectivity index (χ2v) is 5.98. The van der Waals surface area contributed by atoms with Gasteiger partial charge in [-0.05, 0) is 5.56 Å². The molecule has 0 saturated heterocycles. The quantitative estimate of drug-likeness (QED) is 0.474. The van der Waals surface area contributed by atoms with Crippen molar-refractivity contribution < 1.29 is 8.42 Å². The predicted octanol–water partition coefficient (Wildman–Crippen LogP) is 2.18. The maximum absolute atomic E-state index is 11.3. The van der Waals surface area contributed by atoms with Crippen LogP contribution < -0.4 is 0 Å². The van der Waals surface area contributed by atoms with Crippen molar-refractivity contribution in [1.82, 2.24) is 5.01 Å². The molecule has 0 aliphatic carbocycles. The van der Waals surface area contributed by atoms with Crippen LogP contribution in [0.5, 0.6) is 0 Å². The zero-order valence-electron chi connectivity index (χ0n) is 8.91. The Morgan fingerprint density at radius 3 is 2.25 bits per heavy atom. The van der Waals surface area contributed by atoms with Gasteiger partial charge in [0.15, 0.2) is 0 Å². The second kappa shape index (κ2) is 5.27. The molecule has 1 unspecified atom stereocenters. The highest BCUT2D eigenvalue weighted by Gasteiger charge is 2.24. The van der Waals surface area contributed by atoms with E-state index < -0.39 is 14.4 Å². The molecule has 88 valence electrons. The third-order valence-corrected chi connectivity index (χ3v) is 3.09. The summed E-state index contributed by atoms with van der Waals surface area (Å²) in [5.41, 5.74) is 0.489. The van der Waals surface area contributed by atoms with Crippen molar-refractivity contribution in [3.8, 4) is 0 Å². The van der Waals surface area contributed by atoms with Crippen LogP contribution in [0.4, 0.5) is 0 Å². The zero-order chi connectivity index (χ0) is 12.2. The molecule has 0 aromatic heterocycles. The molecule has 1 atom stereocenters. The molecule has 0 N–H and O–H groups in total. The first-order valence-electron chi connectivity index (χ1n) is 4.48. The summed E-state index contributed by atoms with van der Waals surface area (Å²) in [5.74, 6) is 0. The topological polar surface area (TPSA) is 62.1 Å². The number of halogens is 1. The minimum Gasteiger partial charge on any atom is -0.285 e. The Balaban J connectivity index is 3.08. The molecule has 0 fully saturated rings. The summed E-state index contributed by atoms with van der Waals surface area (Å²) in [6.45, 7) is 0. The van der Waals surface area contributed by atoms with Crippen LogP contribution >= 0.6 is 10.7 Å². The molecule has 0 saturated carbocycles. The molecular formula is C9H12ClN3O2S. The van der Waals surface area contributed by atoms with E-state index in [1.54, 1.807) is 44.4 Å². The highest BCUT2D eigenvalue weighted by atomic mass is 35.7. The summed E-state index contributed by atoms with van der Waals surface area (Å²) in [4.78, 5) is 0. The molecule has 5 nitrogen and oxygen atoms in total. The van der Waals surface area contributed by atoms with Gasteiger partial charge in [0.1, 0.15) is 0 Å². The van der Waals surface area contributed by atoms with Gasteiger partial charge in [-0.1, -0.05) is 35.6 Å². The number of rotatable bonds is 4. The van der Waals surface area contributed by atoms with Gasteiger partial charge in [0.2, 0.25) is 5.37 Å². The van der Waals surface area contributed by atoms with E-state index in [0.717, 1.165) is 0 Å². The lowest BCUT2D eigenvalue weighted by Gasteiger charge is -2.09. The van der Waals surface area contributed by atoms with E-state index in [1.807, 2.05) is 0 Å². The monoisotopic (exact) mass is 261 g/mol. The minimum absolute atomic E-state index is 0.489. The molecule has 7 heteroatoms.